The second-order valence-corrected chi connectivity index (χ2v) is 7.08. The van der Waals surface area contributed by atoms with Crippen molar-refractivity contribution in [3.8, 4) is 5.75 Å². The zero-order valence-corrected chi connectivity index (χ0v) is 16.2. The number of esters is 1. The van der Waals surface area contributed by atoms with E-state index in [-0.39, 0.29) is 19.1 Å². The van der Waals surface area contributed by atoms with E-state index in [1.165, 1.54) is 23.5 Å². The number of nitrogens with one attached hydrogen (secondary N) is 1. The molecule has 1 aromatic heterocycles. The maximum absolute atomic E-state index is 12.2. The number of hydrogen-bond donors (Lipinski definition) is 2. The van der Waals surface area contributed by atoms with E-state index < -0.39 is 17.8 Å². The highest BCUT2D eigenvalue weighted by Crippen LogP contribution is 2.33. The van der Waals surface area contributed by atoms with E-state index in [0.717, 1.165) is 4.88 Å². The third kappa shape index (κ3) is 5.55. The summed E-state index contributed by atoms with van der Waals surface area (Å²) >= 11 is 1.34. The number of carbonyl (C=O) groups excluding carboxylic acids is 3. The second-order valence-electron chi connectivity index (χ2n) is 5.99. The molecule has 2 rings (SSSR count). The fraction of sp³-hybridized carbons (Fsp3) is 0.316. The first kappa shape index (κ1) is 20.4. The summed E-state index contributed by atoms with van der Waals surface area (Å²) in [6.07, 6.45) is 0. The van der Waals surface area contributed by atoms with Crippen molar-refractivity contribution in [1.82, 2.24) is 0 Å². The lowest BCUT2D eigenvalue weighted by atomic mass is 10.1. The van der Waals surface area contributed by atoms with Crippen LogP contribution < -0.4 is 15.8 Å². The van der Waals surface area contributed by atoms with Crippen LogP contribution in [0.1, 0.15) is 52.3 Å². The summed E-state index contributed by atoms with van der Waals surface area (Å²) in [5.74, 6) is -0.774. The normalized spacial score (nSPS) is 10.5. The molecule has 0 atom stereocenters. The van der Waals surface area contributed by atoms with E-state index in [1.54, 1.807) is 25.1 Å². The van der Waals surface area contributed by atoms with Gasteiger partial charge in [0.25, 0.3) is 5.91 Å². The summed E-state index contributed by atoms with van der Waals surface area (Å²) in [6.45, 7) is 5.75. The van der Waals surface area contributed by atoms with Crippen LogP contribution in [0.3, 0.4) is 0 Å². The lowest BCUT2D eigenvalue weighted by Crippen LogP contribution is -2.21. The number of amides is 2. The number of benzene rings is 1. The van der Waals surface area contributed by atoms with E-state index in [2.05, 4.69) is 5.32 Å². The number of thiophene rings is 1. The smallest absolute Gasteiger partial charge is 0.341 e. The van der Waals surface area contributed by atoms with Gasteiger partial charge in [-0.15, -0.1) is 11.3 Å². The van der Waals surface area contributed by atoms with Gasteiger partial charge in [0.05, 0.1) is 12.2 Å². The highest BCUT2D eigenvalue weighted by atomic mass is 32.1. The van der Waals surface area contributed by atoms with Crippen molar-refractivity contribution in [2.45, 2.75) is 26.7 Å². The third-order valence-corrected chi connectivity index (χ3v) is 4.93. The molecule has 0 fully saturated rings. The molecular formula is C19H22N2O5S. The monoisotopic (exact) mass is 390 g/mol. The van der Waals surface area contributed by atoms with Crippen LogP contribution in [0, 0.1) is 0 Å². The van der Waals surface area contributed by atoms with Gasteiger partial charge in [0.1, 0.15) is 10.8 Å². The molecule has 0 spiro atoms. The van der Waals surface area contributed by atoms with E-state index in [0.29, 0.717) is 21.9 Å². The van der Waals surface area contributed by atoms with Crippen LogP contribution in [-0.4, -0.2) is 31.0 Å². The van der Waals surface area contributed by atoms with Crippen LogP contribution in [0.15, 0.2) is 30.3 Å². The third-order valence-electron chi connectivity index (χ3n) is 3.58. The van der Waals surface area contributed by atoms with Gasteiger partial charge in [0, 0.05) is 10.4 Å². The van der Waals surface area contributed by atoms with Crippen molar-refractivity contribution in [3.63, 3.8) is 0 Å². The predicted molar refractivity (Wildman–Crippen MR) is 103 cm³/mol. The number of nitrogens with two attached hydrogens (primary N) is 1. The first-order chi connectivity index (χ1) is 12.8. The highest BCUT2D eigenvalue weighted by molar-refractivity contribution is 7.16. The zero-order valence-electron chi connectivity index (χ0n) is 15.4. The molecular weight excluding hydrogens is 368 g/mol. The summed E-state index contributed by atoms with van der Waals surface area (Å²) in [6, 6.07) is 7.89. The standard InChI is InChI=1S/C19H22N2O5S/c1-4-25-19(24)14-9-15(11(2)3)27-18(14)21-16(22)10-26-13-7-5-12(6-8-13)17(20)23/h5-9,11H,4,10H2,1-3H3,(H2,20,23)(H,21,22). The summed E-state index contributed by atoms with van der Waals surface area (Å²) in [4.78, 5) is 36.3. The van der Waals surface area contributed by atoms with E-state index in [4.69, 9.17) is 15.2 Å². The molecule has 144 valence electrons. The second kappa shape index (κ2) is 9.18. The summed E-state index contributed by atoms with van der Waals surface area (Å²) < 4.78 is 10.5. The fourth-order valence-corrected chi connectivity index (χ4v) is 3.24. The van der Waals surface area contributed by atoms with Gasteiger partial charge in [-0.1, -0.05) is 13.8 Å². The van der Waals surface area contributed by atoms with Gasteiger partial charge in [0.15, 0.2) is 6.61 Å². The molecule has 0 saturated heterocycles. The van der Waals surface area contributed by atoms with Gasteiger partial charge in [0.2, 0.25) is 5.91 Å². The number of primary amides is 1. The van der Waals surface area contributed by atoms with E-state index in [9.17, 15) is 14.4 Å². The van der Waals surface area contributed by atoms with E-state index in [1.807, 2.05) is 13.8 Å². The lowest BCUT2D eigenvalue weighted by molar-refractivity contribution is -0.118. The van der Waals surface area contributed by atoms with Crippen LogP contribution in [0.4, 0.5) is 5.00 Å². The first-order valence-electron chi connectivity index (χ1n) is 8.45. The number of anilines is 1. The van der Waals surface area contributed by atoms with Crippen molar-refractivity contribution in [1.29, 1.82) is 0 Å². The molecule has 1 aromatic carbocycles. The van der Waals surface area contributed by atoms with Gasteiger partial charge >= 0.3 is 5.97 Å². The molecule has 8 heteroatoms. The van der Waals surface area contributed by atoms with Crippen molar-refractivity contribution in [2.75, 3.05) is 18.5 Å². The van der Waals surface area contributed by atoms with Gasteiger partial charge in [-0.3, -0.25) is 9.59 Å². The number of carbonyl (C=O) groups is 3. The Labute approximate surface area is 161 Å². The Kier molecular flexibility index (Phi) is 6.95. The van der Waals surface area contributed by atoms with Gasteiger partial charge < -0.3 is 20.5 Å². The Bertz CT molecular complexity index is 827. The van der Waals surface area contributed by atoms with Crippen LogP contribution in [0.2, 0.25) is 0 Å². The molecule has 7 nitrogen and oxygen atoms in total. The molecule has 0 bridgehead atoms. The van der Waals surface area contributed by atoms with Crippen molar-refractivity contribution in [3.05, 3.63) is 46.3 Å². The Hall–Kier alpha value is -2.87. The summed E-state index contributed by atoms with van der Waals surface area (Å²) in [5, 5.41) is 3.14. The minimum Gasteiger partial charge on any atom is -0.484 e. The molecule has 0 aliphatic heterocycles. The molecule has 0 aliphatic rings. The molecule has 2 aromatic rings. The zero-order chi connectivity index (χ0) is 20.0. The Morgan fingerprint density at radius 3 is 2.41 bits per heavy atom. The largest absolute Gasteiger partial charge is 0.484 e. The molecule has 0 saturated carbocycles. The van der Waals surface area contributed by atoms with Crippen molar-refractivity contribution < 1.29 is 23.9 Å². The van der Waals surface area contributed by atoms with Crippen LogP contribution in [0.5, 0.6) is 5.75 Å². The quantitative estimate of drug-likeness (QED) is 0.673. The van der Waals surface area contributed by atoms with Crippen molar-refractivity contribution >= 4 is 34.1 Å². The van der Waals surface area contributed by atoms with Crippen LogP contribution in [0.25, 0.3) is 0 Å². The first-order valence-corrected chi connectivity index (χ1v) is 9.26. The number of ether oxygens (including phenoxy) is 2. The fourth-order valence-electron chi connectivity index (χ4n) is 2.17. The molecule has 2 amide bonds. The van der Waals surface area contributed by atoms with Gasteiger partial charge in [-0.05, 0) is 43.2 Å². The Balaban J connectivity index is 2.03. The summed E-state index contributed by atoms with van der Waals surface area (Å²) in [7, 11) is 0. The highest BCUT2D eigenvalue weighted by Gasteiger charge is 2.20. The predicted octanol–water partition coefficient (Wildman–Crippen LogP) is 3.16. The van der Waals surface area contributed by atoms with Crippen molar-refractivity contribution in [2.24, 2.45) is 5.73 Å². The van der Waals surface area contributed by atoms with Crippen LogP contribution >= 0.6 is 11.3 Å². The minimum absolute atomic E-state index is 0.217. The molecule has 0 aliphatic carbocycles. The molecule has 0 unspecified atom stereocenters. The van der Waals surface area contributed by atoms with E-state index >= 15 is 0 Å². The van der Waals surface area contributed by atoms with Gasteiger partial charge in [-0.25, -0.2) is 4.79 Å². The molecule has 3 N–H and O–H groups in total. The topological polar surface area (TPSA) is 108 Å². The maximum Gasteiger partial charge on any atom is 0.341 e. The minimum atomic E-state index is -0.538. The SMILES string of the molecule is CCOC(=O)c1cc(C(C)C)sc1NC(=O)COc1ccc(C(N)=O)cc1. The average Bonchev–Trinajstić information content (AvgIpc) is 3.04. The number of hydrogen-bond acceptors (Lipinski definition) is 6. The lowest BCUT2D eigenvalue weighted by Gasteiger charge is -2.08. The summed E-state index contributed by atoms with van der Waals surface area (Å²) in [5.41, 5.74) is 5.86. The maximum atomic E-state index is 12.2. The Morgan fingerprint density at radius 1 is 1.19 bits per heavy atom. The number of rotatable bonds is 8. The molecule has 1 heterocycles. The molecule has 0 radical (unpaired) electrons. The van der Waals surface area contributed by atoms with Crippen LogP contribution in [-0.2, 0) is 9.53 Å². The molecule has 27 heavy (non-hydrogen) atoms. The van der Waals surface area contributed by atoms with Gasteiger partial charge in [-0.2, -0.15) is 0 Å². The average molecular weight is 390 g/mol. The Morgan fingerprint density at radius 2 is 1.85 bits per heavy atom.